The SMILES string of the molecule is CC1(OCC(=O)O)CC=CS1. The third kappa shape index (κ3) is 2.55. The van der Waals surface area contributed by atoms with Crippen LogP contribution in [0.3, 0.4) is 0 Å². The summed E-state index contributed by atoms with van der Waals surface area (Å²) in [6.45, 7) is 1.67. The van der Waals surface area contributed by atoms with E-state index in [-0.39, 0.29) is 11.5 Å². The van der Waals surface area contributed by atoms with E-state index in [0.717, 1.165) is 6.42 Å². The Labute approximate surface area is 69.4 Å². The van der Waals surface area contributed by atoms with Gasteiger partial charge in [0.25, 0.3) is 0 Å². The van der Waals surface area contributed by atoms with Crippen LogP contribution >= 0.6 is 11.8 Å². The number of rotatable bonds is 3. The summed E-state index contributed by atoms with van der Waals surface area (Å²) >= 11 is 1.52. The molecule has 3 nitrogen and oxygen atoms in total. The summed E-state index contributed by atoms with van der Waals surface area (Å²) in [6.07, 6.45) is 2.76. The van der Waals surface area contributed by atoms with Crippen molar-refractivity contribution in [3.8, 4) is 0 Å². The minimum atomic E-state index is -0.918. The Balaban J connectivity index is 2.30. The number of carboxylic acid groups (broad SMARTS) is 1. The van der Waals surface area contributed by atoms with Crippen LogP contribution in [0.4, 0.5) is 0 Å². The van der Waals surface area contributed by atoms with Crippen molar-refractivity contribution < 1.29 is 14.6 Å². The zero-order chi connectivity index (χ0) is 8.32. The third-order valence-corrected chi connectivity index (χ3v) is 2.51. The second-order valence-corrected chi connectivity index (χ2v) is 3.88. The molecule has 0 aromatic rings. The average Bonchev–Trinajstić information content (AvgIpc) is 2.33. The van der Waals surface area contributed by atoms with Gasteiger partial charge in [-0.05, 0) is 12.3 Å². The molecule has 62 valence electrons. The van der Waals surface area contributed by atoms with Gasteiger partial charge in [-0.15, -0.1) is 0 Å². The normalized spacial score (nSPS) is 29.2. The molecular formula is C7H10O3S. The molecule has 0 radical (unpaired) electrons. The van der Waals surface area contributed by atoms with Crippen molar-refractivity contribution in [3.63, 3.8) is 0 Å². The molecule has 0 saturated carbocycles. The van der Waals surface area contributed by atoms with Crippen LogP contribution in [0.5, 0.6) is 0 Å². The van der Waals surface area contributed by atoms with Crippen molar-refractivity contribution in [1.29, 1.82) is 0 Å². The fourth-order valence-electron chi connectivity index (χ4n) is 0.810. The molecular weight excluding hydrogens is 164 g/mol. The quantitative estimate of drug-likeness (QED) is 0.703. The lowest BCUT2D eigenvalue weighted by atomic mass is 10.3. The molecule has 0 aromatic carbocycles. The highest BCUT2D eigenvalue weighted by Crippen LogP contribution is 2.36. The highest BCUT2D eigenvalue weighted by molar-refractivity contribution is 8.03. The van der Waals surface area contributed by atoms with E-state index in [1.165, 1.54) is 11.8 Å². The van der Waals surface area contributed by atoms with Gasteiger partial charge in [0.2, 0.25) is 0 Å². The molecule has 0 aromatic heterocycles. The average molecular weight is 174 g/mol. The minimum Gasteiger partial charge on any atom is -0.480 e. The van der Waals surface area contributed by atoms with Crippen LogP contribution in [-0.2, 0) is 9.53 Å². The van der Waals surface area contributed by atoms with Gasteiger partial charge in [0.1, 0.15) is 11.5 Å². The number of carboxylic acids is 1. The molecule has 1 rings (SSSR count). The molecule has 0 bridgehead atoms. The number of carbonyl (C=O) groups is 1. The van der Waals surface area contributed by atoms with E-state index in [4.69, 9.17) is 9.84 Å². The molecule has 1 atom stereocenters. The van der Waals surface area contributed by atoms with Crippen LogP contribution in [0.15, 0.2) is 11.5 Å². The van der Waals surface area contributed by atoms with Crippen molar-refractivity contribution in [2.75, 3.05) is 6.61 Å². The Morgan fingerprint density at radius 2 is 2.64 bits per heavy atom. The molecule has 0 aliphatic carbocycles. The fourth-order valence-corrected chi connectivity index (χ4v) is 1.61. The molecule has 1 aliphatic heterocycles. The second kappa shape index (κ2) is 3.28. The van der Waals surface area contributed by atoms with Crippen molar-refractivity contribution in [2.45, 2.75) is 18.3 Å². The third-order valence-electron chi connectivity index (χ3n) is 1.40. The summed E-state index contributed by atoms with van der Waals surface area (Å²) in [5.41, 5.74) is 0. The highest BCUT2D eigenvalue weighted by Gasteiger charge is 2.27. The van der Waals surface area contributed by atoms with E-state index in [9.17, 15) is 4.79 Å². The van der Waals surface area contributed by atoms with Crippen LogP contribution in [0.2, 0.25) is 0 Å². The van der Waals surface area contributed by atoms with E-state index < -0.39 is 5.97 Å². The van der Waals surface area contributed by atoms with Crippen molar-refractivity contribution in [1.82, 2.24) is 0 Å². The van der Waals surface area contributed by atoms with Crippen LogP contribution in [0.1, 0.15) is 13.3 Å². The van der Waals surface area contributed by atoms with Gasteiger partial charge < -0.3 is 9.84 Å². The van der Waals surface area contributed by atoms with Crippen LogP contribution in [-0.4, -0.2) is 22.6 Å². The Kier molecular flexibility index (Phi) is 2.57. The summed E-state index contributed by atoms with van der Waals surface area (Å²) in [5, 5.41) is 10.3. The van der Waals surface area contributed by atoms with E-state index >= 15 is 0 Å². The molecule has 0 saturated heterocycles. The molecule has 1 heterocycles. The van der Waals surface area contributed by atoms with Crippen molar-refractivity contribution >= 4 is 17.7 Å². The minimum absolute atomic E-state index is 0.217. The second-order valence-electron chi connectivity index (χ2n) is 2.51. The Morgan fingerprint density at radius 1 is 1.91 bits per heavy atom. The van der Waals surface area contributed by atoms with Crippen LogP contribution in [0.25, 0.3) is 0 Å². The van der Waals surface area contributed by atoms with E-state index in [0.29, 0.717) is 0 Å². The van der Waals surface area contributed by atoms with Gasteiger partial charge >= 0.3 is 5.97 Å². The first-order valence-electron chi connectivity index (χ1n) is 3.31. The van der Waals surface area contributed by atoms with Crippen LogP contribution < -0.4 is 0 Å². The Hall–Kier alpha value is -0.480. The molecule has 0 fully saturated rings. The molecule has 11 heavy (non-hydrogen) atoms. The van der Waals surface area contributed by atoms with Crippen molar-refractivity contribution in [2.24, 2.45) is 0 Å². The maximum atomic E-state index is 10.1. The molecule has 0 spiro atoms. The first-order chi connectivity index (χ1) is 5.12. The lowest BCUT2D eigenvalue weighted by Crippen LogP contribution is -2.24. The predicted molar refractivity (Wildman–Crippen MR) is 43.3 cm³/mol. The summed E-state index contributed by atoms with van der Waals surface area (Å²) < 4.78 is 5.15. The molecule has 1 unspecified atom stereocenters. The van der Waals surface area contributed by atoms with Gasteiger partial charge in [-0.3, -0.25) is 0 Å². The summed E-state index contributed by atoms with van der Waals surface area (Å²) in [4.78, 5) is 9.79. The van der Waals surface area contributed by atoms with Gasteiger partial charge in [0.05, 0.1) is 0 Å². The molecule has 1 N–H and O–H groups in total. The summed E-state index contributed by atoms with van der Waals surface area (Å²) in [7, 11) is 0. The fraction of sp³-hybridized carbons (Fsp3) is 0.571. The predicted octanol–water partition coefficient (Wildman–Crippen LogP) is 1.45. The van der Waals surface area contributed by atoms with Gasteiger partial charge in [0, 0.05) is 6.42 Å². The monoisotopic (exact) mass is 174 g/mol. The maximum Gasteiger partial charge on any atom is 0.329 e. The van der Waals surface area contributed by atoms with Gasteiger partial charge in [0.15, 0.2) is 0 Å². The number of hydrogen-bond donors (Lipinski definition) is 1. The lowest BCUT2D eigenvalue weighted by molar-refractivity contribution is -0.144. The largest absolute Gasteiger partial charge is 0.480 e. The molecule has 1 aliphatic rings. The Bertz CT molecular complexity index is 180. The van der Waals surface area contributed by atoms with Gasteiger partial charge in [-0.1, -0.05) is 17.8 Å². The number of aliphatic carboxylic acids is 1. The maximum absolute atomic E-state index is 10.1. The van der Waals surface area contributed by atoms with Gasteiger partial charge in [-0.2, -0.15) is 0 Å². The molecule has 4 heteroatoms. The van der Waals surface area contributed by atoms with E-state index in [1.54, 1.807) is 0 Å². The zero-order valence-electron chi connectivity index (χ0n) is 6.24. The zero-order valence-corrected chi connectivity index (χ0v) is 7.06. The van der Waals surface area contributed by atoms with E-state index in [1.807, 2.05) is 18.4 Å². The standard InChI is InChI=1S/C7H10O3S/c1-7(3-2-4-11-7)10-5-6(8)9/h2,4H,3,5H2,1H3,(H,8,9). The first kappa shape index (κ1) is 8.62. The first-order valence-corrected chi connectivity index (χ1v) is 4.19. The number of ether oxygens (including phenoxy) is 1. The van der Waals surface area contributed by atoms with E-state index in [2.05, 4.69) is 0 Å². The Morgan fingerprint density at radius 3 is 3.09 bits per heavy atom. The van der Waals surface area contributed by atoms with Crippen LogP contribution in [0, 0.1) is 0 Å². The number of hydrogen-bond acceptors (Lipinski definition) is 3. The summed E-state index contributed by atoms with van der Waals surface area (Å²) in [6, 6.07) is 0. The molecule has 0 amide bonds. The lowest BCUT2D eigenvalue weighted by Gasteiger charge is -2.21. The highest BCUT2D eigenvalue weighted by atomic mass is 32.2. The topological polar surface area (TPSA) is 46.5 Å². The smallest absolute Gasteiger partial charge is 0.329 e. The summed E-state index contributed by atoms with van der Waals surface area (Å²) in [5.74, 6) is -0.918. The van der Waals surface area contributed by atoms with Gasteiger partial charge in [-0.25, -0.2) is 4.79 Å². The van der Waals surface area contributed by atoms with Crippen molar-refractivity contribution in [3.05, 3.63) is 11.5 Å². The number of thioether (sulfide) groups is 1.